The molecule has 53 heavy (non-hydrogen) atoms. The zero-order valence-electron chi connectivity index (χ0n) is 32.7. The average molecular weight is 769 g/mol. The second-order valence-electron chi connectivity index (χ2n) is 15.9. The van der Waals surface area contributed by atoms with Crippen molar-refractivity contribution >= 4 is 28.2 Å². The number of allylic oxidation sites excluding steroid dienone is 1. The Morgan fingerprint density at radius 3 is 1.58 bits per heavy atom. The topological polar surface area (TPSA) is 46.2 Å². The second kappa shape index (κ2) is 20.2. The number of hydrogen-bond donors (Lipinski definition) is 0. The van der Waals surface area contributed by atoms with Crippen molar-refractivity contribution in [3.63, 3.8) is 0 Å². The minimum Gasteiger partial charge on any atom is -0.403 e. The van der Waals surface area contributed by atoms with Gasteiger partial charge in [0.05, 0.1) is 26.4 Å². The van der Waals surface area contributed by atoms with Gasteiger partial charge < -0.3 is 23.4 Å². The van der Waals surface area contributed by atoms with Gasteiger partial charge in [-0.2, -0.15) is 0 Å². The predicted molar refractivity (Wildman–Crippen MR) is 225 cm³/mol. The molecule has 0 saturated carbocycles. The lowest BCUT2D eigenvalue weighted by molar-refractivity contribution is -0.239. The van der Waals surface area contributed by atoms with Crippen molar-refractivity contribution in [2.24, 2.45) is 0 Å². The summed E-state index contributed by atoms with van der Waals surface area (Å²) in [6.45, 7) is 18.3. The van der Waals surface area contributed by atoms with Crippen LogP contribution in [0.1, 0.15) is 44.4 Å². The summed E-state index contributed by atoms with van der Waals surface area (Å²) in [5.74, 6) is 0. The Bertz CT molecular complexity index is 1630. The maximum atomic E-state index is 7.78. The number of hydrogen-bond acceptors (Lipinski definition) is 6. The fraction of sp³-hybridized carbons (Fsp3) is 0.422. The minimum atomic E-state index is -2.57. The fourth-order valence-corrected chi connectivity index (χ4v) is 13.1. The number of benzene rings is 4. The molecular weight excluding hydrogens is 709 g/mol. The first-order chi connectivity index (χ1) is 25.5. The van der Waals surface area contributed by atoms with Gasteiger partial charge in [-0.25, -0.2) is 0 Å². The van der Waals surface area contributed by atoms with Crippen molar-refractivity contribution in [2.45, 2.75) is 119 Å². The van der Waals surface area contributed by atoms with Crippen LogP contribution in [0.15, 0.2) is 138 Å². The van der Waals surface area contributed by atoms with Crippen LogP contribution >= 0.6 is 11.8 Å². The highest BCUT2D eigenvalue weighted by Gasteiger charge is 2.53. The third-order valence-corrected chi connectivity index (χ3v) is 17.5. The van der Waals surface area contributed by atoms with E-state index in [4.69, 9.17) is 23.4 Å². The maximum Gasteiger partial charge on any atom is 0.222 e. The molecule has 5 rings (SSSR count). The van der Waals surface area contributed by atoms with Crippen LogP contribution in [0.5, 0.6) is 0 Å². The Balaban J connectivity index is 1.58. The molecule has 4 aromatic rings. The molecule has 0 N–H and O–H groups in total. The smallest absolute Gasteiger partial charge is 0.222 e. The number of thioether (sulfide) groups is 1. The first-order valence-electron chi connectivity index (χ1n) is 19.2. The maximum absolute atomic E-state index is 7.78. The predicted octanol–water partition coefficient (Wildman–Crippen LogP) is 11.5. The van der Waals surface area contributed by atoms with Crippen LogP contribution in [0.2, 0.25) is 36.8 Å². The van der Waals surface area contributed by atoms with E-state index >= 15 is 0 Å². The van der Waals surface area contributed by atoms with E-state index in [1.165, 1.54) is 0 Å². The summed E-state index contributed by atoms with van der Waals surface area (Å²) in [5, 5.41) is 0. The SMILES string of the molecule is CC(C)[Si](/C=C/C[Si](C)(C)C)(O[C@H]1[C@@H](OCc2ccccc2)[C@H](OCc2ccccc2)[C@@H](COCc2ccccc2)O[C@@H]1Sc1ccccc1)C(C)C. The molecule has 5 atom stereocenters. The lowest BCUT2D eigenvalue weighted by Crippen LogP contribution is -2.63. The summed E-state index contributed by atoms with van der Waals surface area (Å²) >= 11 is 1.71. The Labute approximate surface area is 325 Å². The lowest BCUT2D eigenvalue weighted by Gasteiger charge is -2.50. The fourth-order valence-electron chi connectivity index (χ4n) is 6.85. The molecule has 1 saturated heterocycles. The highest BCUT2D eigenvalue weighted by atomic mass is 32.2. The third-order valence-electron chi connectivity index (χ3n) is 9.80. The van der Waals surface area contributed by atoms with Gasteiger partial charge in [0, 0.05) is 13.0 Å². The van der Waals surface area contributed by atoms with E-state index in [9.17, 15) is 0 Å². The van der Waals surface area contributed by atoms with Crippen LogP contribution in [0.4, 0.5) is 0 Å². The van der Waals surface area contributed by atoms with E-state index in [1.54, 1.807) is 11.8 Å². The second-order valence-corrected chi connectivity index (χ2v) is 27.2. The summed E-state index contributed by atoms with van der Waals surface area (Å²) < 4.78 is 35.5. The van der Waals surface area contributed by atoms with Gasteiger partial charge >= 0.3 is 0 Å². The summed E-state index contributed by atoms with van der Waals surface area (Å²) in [5.41, 5.74) is 6.10. The standard InChI is InChI=1S/C45H60O5SSi2/c1-35(2)53(36(3)4,30-20-29-52(5,6)7)50-44-43(48-33-39-25-16-10-17-26-39)42(47-32-38-23-14-9-15-24-38)41(34-46-31-37-21-12-8-13-22-37)49-45(44)51-40-27-18-11-19-28-40/h8-28,30,35-36,41-45H,29,31-34H2,1-7H3/b30-20+/t41-,42-,43+,44+,45-/m1/s1. The van der Waals surface area contributed by atoms with E-state index in [0.29, 0.717) is 37.5 Å². The molecule has 8 heteroatoms. The molecule has 1 aliphatic heterocycles. The Morgan fingerprint density at radius 1 is 0.623 bits per heavy atom. The van der Waals surface area contributed by atoms with E-state index in [1.807, 2.05) is 30.3 Å². The van der Waals surface area contributed by atoms with Crippen LogP contribution in [-0.4, -0.2) is 52.9 Å². The summed E-state index contributed by atoms with van der Waals surface area (Å²) in [6.07, 6.45) is 0.729. The molecule has 1 fully saturated rings. The van der Waals surface area contributed by atoms with E-state index in [-0.39, 0.29) is 5.44 Å². The van der Waals surface area contributed by atoms with Crippen molar-refractivity contribution in [2.75, 3.05) is 6.61 Å². The quantitative estimate of drug-likeness (QED) is 0.0886. The van der Waals surface area contributed by atoms with Gasteiger partial charge in [-0.1, -0.05) is 180 Å². The van der Waals surface area contributed by atoms with Gasteiger partial charge in [-0.05, 0) is 45.9 Å². The summed E-state index contributed by atoms with van der Waals surface area (Å²) in [6, 6.07) is 42.7. The first-order valence-corrected chi connectivity index (χ1v) is 25.9. The van der Waals surface area contributed by atoms with Crippen molar-refractivity contribution in [3.05, 3.63) is 150 Å². The van der Waals surface area contributed by atoms with Gasteiger partial charge in [0.1, 0.15) is 29.9 Å². The van der Waals surface area contributed by atoms with Crippen molar-refractivity contribution < 1.29 is 23.4 Å². The Hall–Kier alpha value is -2.80. The van der Waals surface area contributed by atoms with Crippen molar-refractivity contribution in [1.29, 1.82) is 0 Å². The highest BCUT2D eigenvalue weighted by molar-refractivity contribution is 7.99. The molecule has 0 aliphatic carbocycles. The number of rotatable bonds is 19. The molecule has 0 amide bonds. The van der Waals surface area contributed by atoms with Crippen LogP contribution in [0.25, 0.3) is 0 Å². The van der Waals surface area contributed by atoms with Gasteiger partial charge in [-0.3, -0.25) is 0 Å². The van der Waals surface area contributed by atoms with Gasteiger partial charge in [0.25, 0.3) is 0 Å². The number of ether oxygens (including phenoxy) is 4. The zero-order valence-corrected chi connectivity index (χ0v) is 35.5. The van der Waals surface area contributed by atoms with E-state index in [2.05, 4.69) is 150 Å². The first kappa shape index (κ1) is 41.4. The molecule has 4 aromatic carbocycles. The van der Waals surface area contributed by atoms with Crippen LogP contribution in [-0.2, 0) is 43.2 Å². The highest BCUT2D eigenvalue weighted by Crippen LogP contribution is 2.43. The van der Waals surface area contributed by atoms with Crippen LogP contribution in [0, 0.1) is 0 Å². The van der Waals surface area contributed by atoms with Crippen molar-refractivity contribution in [1.82, 2.24) is 0 Å². The summed E-state index contributed by atoms with van der Waals surface area (Å²) in [4.78, 5) is 1.12. The van der Waals surface area contributed by atoms with E-state index in [0.717, 1.165) is 27.6 Å². The largest absolute Gasteiger partial charge is 0.403 e. The third kappa shape index (κ3) is 12.4. The molecule has 1 aliphatic rings. The zero-order chi connectivity index (χ0) is 37.7. The monoisotopic (exact) mass is 768 g/mol. The minimum absolute atomic E-state index is 0.327. The van der Waals surface area contributed by atoms with Gasteiger partial charge in [0.2, 0.25) is 8.32 Å². The molecule has 284 valence electrons. The molecule has 0 radical (unpaired) electrons. The molecular formula is C45H60O5SSi2. The lowest BCUT2D eigenvalue weighted by atomic mass is 9.99. The van der Waals surface area contributed by atoms with Crippen LogP contribution < -0.4 is 0 Å². The molecule has 1 heterocycles. The van der Waals surface area contributed by atoms with Crippen molar-refractivity contribution in [3.8, 4) is 0 Å². The Morgan fingerprint density at radius 2 is 1.09 bits per heavy atom. The van der Waals surface area contributed by atoms with E-state index < -0.39 is 40.8 Å². The summed E-state index contributed by atoms with van der Waals surface area (Å²) in [7, 11) is -3.89. The average Bonchev–Trinajstić information content (AvgIpc) is 3.15. The Kier molecular flexibility index (Phi) is 15.8. The van der Waals surface area contributed by atoms with Crippen LogP contribution in [0.3, 0.4) is 0 Å². The molecule has 0 bridgehead atoms. The molecule has 0 spiro atoms. The van der Waals surface area contributed by atoms with Gasteiger partial charge in [0.15, 0.2) is 0 Å². The molecule has 0 aromatic heterocycles. The molecule has 5 nitrogen and oxygen atoms in total. The normalized spacial score (nSPS) is 21.1. The molecule has 0 unspecified atom stereocenters. The van der Waals surface area contributed by atoms with Gasteiger partial charge in [-0.15, -0.1) is 0 Å².